The quantitative estimate of drug-likeness (QED) is 0.924. The minimum Gasteiger partial charge on any atom is -0.314 e. The number of hydrogen-bond donors (Lipinski definition) is 1. The Labute approximate surface area is 119 Å². The first-order valence-electron chi connectivity index (χ1n) is 7.53. The van der Waals surface area contributed by atoms with Crippen LogP contribution in [0.25, 0.3) is 0 Å². The van der Waals surface area contributed by atoms with Crippen molar-refractivity contribution in [2.24, 2.45) is 0 Å². The zero-order valence-corrected chi connectivity index (χ0v) is 12.7. The van der Waals surface area contributed by atoms with Gasteiger partial charge in [0.1, 0.15) is 11.6 Å². The Bertz CT molecular complexity index is 431. The fraction of sp³-hybridized carbons (Fsp3) is 0.857. The number of fused-ring (bicyclic) bond motifs is 1. The zero-order chi connectivity index (χ0) is 13.2. The molecule has 2 aliphatic heterocycles. The molecule has 2 aliphatic rings. The molecule has 0 aliphatic carbocycles. The summed E-state index contributed by atoms with van der Waals surface area (Å²) in [6.07, 6.45) is 6.21. The molecule has 4 nitrogen and oxygen atoms in total. The van der Waals surface area contributed by atoms with Crippen molar-refractivity contribution in [2.45, 2.75) is 69.8 Å². The number of nitrogens with one attached hydrogen (secondary N) is 1. The second-order valence-corrected chi connectivity index (χ2v) is 7.37. The summed E-state index contributed by atoms with van der Waals surface area (Å²) >= 11 is 2.07. The van der Waals surface area contributed by atoms with Crippen LogP contribution in [0.4, 0.5) is 0 Å². The van der Waals surface area contributed by atoms with E-state index in [0.29, 0.717) is 12.1 Å². The Morgan fingerprint density at radius 1 is 1.32 bits per heavy atom. The van der Waals surface area contributed by atoms with Gasteiger partial charge in [0.05, 0.1) is 6.04 Å². The highest BCUT2D eigenvalue weighted by Crippen LogP contribution is 2.28. The molecule has 0 aromatic carbocycles. The van der Waals surface area contributed by atoms with Gasteiger partial charge in [0, 0.05) is 30.0 Å². The number of nitrogens with zero attached hydrogens (tertiary/aromatic N) is 3. The van der Waals surface area contributed by atoms with E-state index in [1.165, 1.54) is 37.3 Å². The maximum Gasteiger partial charge on any atom is 0.149 e. The van der Waals surface area contributed by atoms with Gasteiger partial charge in [-0.15, -0.1) is 10.2 Å². The summed E-state index contributed by atoms with van der Waals surface area (Å²) in [5.74, 6) is 3.56. The Hall–Kier alpha value is -0.550. The maximum atomic E-state index is 4.44. The summed E-state index contributed by atoms with van der Waals surface area (Å²) in [7, 11) is 0. The molecular weight excluding hydrogens is 256 g/mol. The summed E-state index contributed by atoms with van der Waals surface area (Å²) in [5.41, 5.74) is 0. The number of hydrogen-bond acceptors (Lipinski definition) is 4. The van der Waals surface area contributed by atoms with Crippen LogP contribution in [0.1, 0.15) is 57.2 Å². The van der Waals surface area contributed by atoms with Crippen LogP contribution in [-0.4, -0.2) is 31.8 Å². The van der Waals surface area contributed by atoms with E-state index < -0.39 is 0 Å². The van der Waals surface area contributed by atoms with Crippen molar-refractivity contribution in [2.75, 3.05) is 5.75 Å². The molecule has 1 aromatic rings. The Kier molecular flexibility index (Phi) is 4.12. The van der Waals surface area contributed by atoms with Gasteiger partial charge in [-0.05, 0) is 26.2 Å². The minimum absolute atomic E-state index is 0.315. The Morgan fingerprint density at radius 2 is 2.21 bits per heavy atom. The maximum absolute atomic E-state index is 4.44. The van der Waals surface area contributed by atoms with Crippen molar-refractivity contribution < 1.29 is 0 Å². The lowest BCUT2D eigenvalue weighted by Gasteiger charge is -2.19. The molecule has 0 amide bonds. The molecule has 1 N–H and O–H groups in total. The van der Waals surface area contributed by atoms with Crippen molar-refractivity contribution in [3.8, 4) is 0 Å². The first-order valence-corrected chi connectivity index (χ1v) is 8.58. The van der Waals surface area contributed by atoms with Gasteiger partial charge in [0.15, 0.2) is 0 Å². The topological polar surface area (TPSA) is 42.7 Å². The molecule has 0 saturated carbocycles. The molecule has 1 fully saturated rings. The molecule has 3 unspecified atom stereocenters. The summed E-state index contributed by atoms with van der Waals surface area (Å²) < 4.78 is 2.36. The zero-order valence-electron chi connectivity index (χ0n) is 11.9. The van der Waals surface area contributed by atoms with Gasteiger partial charge < -0.3 is 9.88 Å². The normalized spacial score (nSPS) is 28.9. The van der Waals surface area contributed by atoms with Crippen LogP contribution in [0.5, 0.6) is 0 Å². The predicted molar refractivity (Wildman–Crippen MR) is 79.5 cm³/mol. The highest BCUT2D eigenvalue weighted by Gasteiger charge is 2.26. The van der Waals surface area contributed by atoms with E-state index >= 15 is 0 Å². The van der Waals surface area contributed by atoms with Crippen LogP contribution < -0.4 is 5.32 Å². The minimum atomic E-state index is 0.315. The van der Waals surface area contributed by atoms with E-state index in [1.807, 2.05) is 0 Å². The first kappa shape index (κ1) is 13.4. The fourth-order valence-electron chi connectivity index (χ4n) is 3.19. The van der Waals surface area contributed by atoms with Crippen LogP contribution in [0.3, 0.4) is 0 Å². The van der Waals surface area contributed by atoms with Gasteiger partial charge in [-0.2, -0.15) is 11.8 Å². The van der Waals surface area contributed by atoms with Crippen molar-refractivity contribution in [3.05, 3.63) is 11.6 Å². The van der Waals surface area contributed by atoms with E-state index in [0.717, 1.165) is 24.0 Å². The van der Waals surface area contributed by atoms with E-state index in [9.17, 15) is 0 Å². The fourth-order valence-corrected chi connectivity index (χ4v) is 4.35. The molecule has 106 valence electrons. The molecule has 19 heavy (non-hydrogen) atoms. The van der Waals surface area contributed by atoms with Crippen molar-refractivity contribution in [1.29, 1.82) is 0 Å². The van der Waals surface area contributed by atoms with Gasteiger partial charge in [0.2, 0.25) is 0 Å². The van der Waals surface area contributed by atoms with Crippen LogP contribution in [0.15, 0.2) is 0 Å². The lowest BCUT2D eigenvalue weighted by molar-refractivity contribution is 0.440. The third-order valence-corrected chi connectivity index (χ3v) is 5.57. The van der Waals surface area contributed by atoms with Crippen LogP contribution in [0, 0.1) is 0 Å². The molecule has 5 heteroatoms. The monoisotopic (exact) mass is 280 g/mol. The molecule has 1 saturated heterocycles. The molecular formula is C14H24N4S. The van der Waals surface area contributed by atoms with Gasteiger partial charge in [-0.1, -0.05) is 13.3 Å². The van der Waals surface area contributed by atoms with Gasteiger partial charge >= 0.3 is 0 Å². The number of thioether (sulfide) groups is 1. The largest absolute Gasteiger partial charge is 0.314 e. The van der Waals surface area contributed by atoms with E-state index in [2.05, 4.69) is 45.7 Å². The van der Waals surface area contributed by atoms with Crippen molar-refractivity contribution in [3.63, 3.8) is 0 Å². The highest BCUT2D eigenvalue weighted by atomic mass is 32.2. The molecule has 0 spiro atoms. The molecule has 3 heterocycles. The first-order chi connectivity index (χ1) is 9.24. The molecule has 3 atom stereocenters. The molecule has 3 rings (SSSR count). The second-order valence-electron chi connectivity index (χ2n) is 5.90. The van der Waals surface area contributed by atoms with Crippen molar-refractivity contribution >= 4 is 11.8 Å². The van der Waals surface area contributed by atoms with Crippen LogP contribution in [0.2, 0.25) is 0 Å². The molecule has 0 bridgehead atoms. The Morgan fingerprint density at radius 3 is 3.00 bits per heavy atom. The lowest BCUT2D eigenvalue weighted by Crippen LogP contribution is -2.33. The third-order valence-electron chi connectivity index (χ3n) is 4.21. The SMILES string of the molecule is CC1CC(NC(C)c2nnc3n2CCCCC3)CS1. The Balaban J connectivity index is 1.69. The van der Waals surface area contributed by atoms with Crippen LogP contribution >= 0.6 is 11.8 Å². The summed E-state index contributed by atoms with van der Waals surface area (Å²) in [6.45, 7) is 5.65. The van der Waals surface area contributed by atoms with Gasteiger partial charge in [-0.3, -0.25) is 0 Å². The standard InChI is InChI=1S/C14H24N4S/c1-10-8-12(9-19-10)15-11(2)14-17-16-13-6-4-3-5-7-18(13)14/h10-12,15H,3-9H2,1-2H3. The number of rotatable bonds is 3. The van der Waals surface area contributed by atoms with E-state index in [1.54, 1.807) is 0 Å². The van der Waals surface area contributed by atoms with E-state index in [4.69, 9.17) is 0 Å². The summed E-state index contributed by atoms with van der Waals surface area (Å²) in [5, 5.41) is 13.4. The van der Waals surface area contributed by atoms with Gasteiger partial charge in [0.25, 0.3) is 0 Å². The smallest absolute Gasteiger partial charge is 0.149 e. The number of aryl methyl sites for hydroxylation is 1. The van der Waals surface area contributed by atoms with Crippen LogP contribution in [-0.2, 0) is 13.0 Å². The number of aromatic nitrogens is 3. The predicted octanol–water partition coefficient (Wildman–Crippen LogP) is 2.55. The van der Waals surface area contributed by atoms with Gasteiger partial charge in [-0.25, -0.2) is 0 Å². The molecule has 0 radical (unpaired) electrons. The van der Waals surface area contributed by atoms with E-state index in [-0.39, 0.29) is 0 Å². The summed E-state index contributed by atoms with van der Waals surface area (Å²) in [6, 6.07) is 0.948. The second kappa shape index (κ2) is 5.83. The highest BCUT2D eigenvalue weighted by molar-refractivity contribution is 8.00. The molecule has 1 aromatic heterocycles. The average molecular weight is 280 g/mol. The average Bonchev–Trinajstić information content (AvgIpc) is 2.90. The summed E-state index contributed by atoms with van der Waals surface area (Å²) in [4.78, 5) is 0. The lowest BCUT2D eigenvalue weighted by atomic mass is 10.1. The third kappa shape index (κ3) is 2.97. The van der Waals surface area contributed by atoms with Crippen molar-refractivity contribution in [1.82, 2.24) is 20.1 Å².